The minimum Gasteiger partial charge on any atom is -0.382 e. The number of hydrogen-bond acceptors (Lipinski definition) is 1. The fraction of sp³-hybridized carbons (Fsp3) is 0.231. The van der Waals surface area contributed by atoms with Gasteiger partial charge in [0.25, 0.3) is 0 Å². The summed E-state index contributed by atoms with van der Waals surface area (Å²) < 4.78 is 0. The molecule has 0 atom stereocenters. The van der Waals surface area contributed by atoms with Crippen LogP contribution in [0, 0.1) is 0 Å². The molecule has 74 valence electrons. The summed E-state index contributed by atoms with van der Waals surface area (Å²) in [5.74, 6) is 0. The molecule has 1 rings (SSSR count). The molecule has 0 aliphatic rings. The SMILES string of the molecule is C=CCC(CC=C)Nc1ccccc1. The first-order chi connectivity index (χ1) is 6.86. The van der Waals surface area contributed by atoms with Gasteiger partial charge in [0.05, 0.1) is 0 Å². The predicted molar refractivity (Wildman–Crippen MR) is 63.5 cm³/mol. The molecule has 0 spiro atoms. The summed E-state index contributed by atoms with van der Waals surface area (Å²) in [5.41, 5.74) is 1.15. The van der Waals surface area contributed by atoms with Crippen LogP contribution in [0.5, 0.6) is 0 Å². The van der Waals surface area contributed by atoms with E-state index < -0.39 is 0 Å². The molecule has 0 saturated carbocycles. The van der Waals surface area contributed by atoms with Crippen LogP contribution in [0.15, 0.2) is 55.6 Å². The van der Waals surface area contributed by atoms with Gasteiger partial charge in [-0.15, -0.1) is 13.2 Å². The van der Waals surface area contributed by atoms with Crippen molar-refractivity contribution in [3.63, 3.8) is 0 Å². The second-order valence-corrected chi connectivity index (χ2v) is 3.26. The van der Waals surface area contributed by atoms with Crippen LogP contribution < -0.4 is 5.32 Å². The first-order valence-electron chi connectivity index (χ1n) is 4.90. The van der Waals surface area contributed by atoms with Crippen molar-refractivity contribution in [2.24, 2.45) is 0 Å². The Labute approximate surface area is 86.2 Å². The molecule has 1 aromatic carbocycles. The lowest BCUT2D eigenvalue weighted by atomic mass is 10.1. The molecule has 0 unspecified atom stereocenters. The maximum Gasteiger partial charge on any atom is 0.0342 e. The average molecular weight is 187 g/mol. The topological polar surface area (TPSA) is 12.0 Å². The van der Waals surface area contributed by atoms with Crippen LogP contribution in [0.2, 0.25) is 0 Å². The Balaban J connectivity index is 2.54. The summed E-state index contributed by atoms with van der Waals surface area (Å²) >= 11 is 0. The van der Waals surface area contributed by atoms with Crippen molar-refractivity contribution >= 4 is 5.69 Å². The van der Waals surface area contributed by atoms with Crippen molar-refractivity contribution in [3.05, 3.63) is 55.6 Å². The summed E-state index contributed by atoms with van der Waals surface area (Å²) in [5, 5.41) is 3.44. The minimum atomic E-state index is 0.410. The number of rotatable bonds is 6. The normalized spacial score (nSPS) is 9.79. The molecule has 0 fully saturated rings. The van der Waals surface area contributed by atoms with E-state index in [2.05, 4.69) is 30.6 Å². The van der Waals surface area contributed by atoms with Crippen LogP contribution in [0.1, 0.15) is 12.8 Å². The van der Waals surface area contributed by atoms with Crippen molar-refractivity contribution in [2.75, 3.05) is 5.32 Å². The molecule has 0 radical (unpaired) electrons. The second-order valence-electron chi connectivity index (χ2n) is 3.26. The van der Waals surface area contributed by atoms with Gasteiger partial charge in [-0.3, -0.25) is 0 Å². The third-order valence-electron chi connectivity index (χ3n) is 2.05. The van der Waals surface area contributed by atoms with E-state index in [1.165, 1.54) is 0 Å². The van der Waals surface area contributed by atoms with Crippen molar-refractivity contribution in [1.29, 1.82) is 0 Å². The molecule has 14 heavy (non-hydrogen) atoms. The van der Waals surface area contributed by atoms with Gasteiger partial charge in [-0.05, 0) is 25.0 Å². The van der Waals surface area contributed by atoms with Crippen LogP contribution in [0.25, 0.3) is 0 Å². The first-order valence-corrected chi connectivity index (χ1v) is 4.90. The Morgan fingerprint density at radius 2 is 1.64 bits per heavy atom. The molecule has 1 heteroatoms. The van der Waals surface area contributed by atoms with Gasteiger partial charge >= 0.3 is 0 Å². The summed E-state index contributed by atoms with van der Waals surface area (Å²) in [6, 6.07) is 10.6. The smallest absolute Gasteiger partial charge is 0.0342 e. The molecule has 0 aliphatic carbocycles. The Bertz CT molecular complexity index is 267. The number of nitrogens with one attached hydrogen (secondary N) is 1. The third-order valence-corrected chi connectivity index (χ3v) is 2.05. The zero-order valence-electron chi connectivity index (χ0n) is 8.45. The fourth-order valence-electron chi connectivity index (χ4n) is 1.39. The standard InChI is InChI=1S/C13H17N/c1-3-8-12(9-4-2)14-13-10-6-5-7-11-13/h3-7,10-12,14H,1-2,8-9H2. The third kappa shape index (κ3) is 3.48. The highest BCUT2D eigenvalue weighted by atomic mass is 14.9. The predicted octanol–water partition coefficient (Wildman–Crippen LogP) is 3.62. The Morgan fingerprint density at radius 1 is 1.07 bits per heavy atom. The van der Waals surface area contributed by atoms with Gasteiger partial charge in [0.15, 0.2) is 0 Å². The molecule has 0 heterocycles. The van der Waals surface area contributed by atoms with Crippen LogP contribution in [0.4, 0.5) is 5.69 Å². The highest BCUT2D eigenvalue weighted by Crippen LogP contribution is 2.11. The zero-order chi connectivity index (χ0) is 10.2. The van der Waals surface area contributed by atoms with E-state index in [0.29, 0.717) is 6.04 Å². The van der Waals surface area contributed by atoms with Gasteiger partial charge in [-0.2, -0.15) is 0 Å². The highest BCUT2D eigenvalue weighted by Gasteiger charge is 2.03. The Hall–Kier alpha value is -1.50. The van der Waals surface area contributed by atoms with Crippen LogP contribution in [0.3, 0.4) is 0 Å². The van der Waals surface area contributed by atoms with E-state index in [-0.39, 0.29) is 0 Å². The van der Waals surface area contributed by atoms with Crippen molar-refractivity contribution < 1.29 is 0 Å². The monoisotopic (exact) mass is 187 g/mol. The zero-order valence-corrected chi connectivity index (χ0v) is 8.45. The van der Waals surface area contributed by atoms with E-state index in [1.807, 2.05) is 30.4 Å². The minimum absolute atomic E-state index is 0.410. The summed E-state index contributed by atoms with van der Waals surface area (Å²) in [7, 11) is 0. The molecule has 0 aromatic heterocycles. The number of para-hydroxylation sites is 1. The van der Waals surface area contributed by atoms with E-state index in [4.69, 9.17) is 0 Å². The molecule has 1 N–H and O–H groups in total. The highest BCUT2D eigenvalue weighted by molar-refractivity contribution is 5.43. The molecule has 0 saturated heterocycles. The summed E-state index contributed by atoms with van der Waals surface area (Å²) in [6.45, 7) is 7.50. The van der Waals surface area contributed by atoms with Crippen molar-refractivity contribution in [3.8, 4) is 0 Å². The van der Waals surface area contributed by atoms with Gasteiger partial charge in [-0.1, -0.05) is 30.4 Å². The molecule has 0 bridgehead atoms. The van der Waals surface area contributed by atoms with Gasteiger partial charge in [0.2, 0.25) is 0 Å². The average Bonchev–Trinajstić information content (AvgIpc) is 2.20. The second kappa shape index (κ2) is 6.03. The molecule has 0 amide bonds. The lowest BCUT2D eigenvalue weighted by Gasteiger charge is -2.16. The molecular formula is C13H17N. The van der Waals surface area contributed by atoms with E-state index in [0.717, 1.165) is 18.5 Å². The van der Waals surface area contributed by atoms with Gasteiger partial charge < -0.3 is 5.32 Å². The van der Waals surface area contributed by atoms with Gasteiger partial charge in [-0.25, -0.2) is 0 Å². The van der Waals surface area contributed by atoms with Crippen molar-refractivity contribution in [1.82, 2.24) is 0 Å². The molecule has 1 aromatic rings. The largest absolute Gasteiger partial charge is 0.382 e. The van der Waals surface area contributed by atoms with Gasteiger partial charge in [0, 0.05) is 11.7 Å². The Morgan fingerprint density at radius 3 is 2.14 bits per heavy atom. The lowest BCUT2D eigenvalue weighted by molar-refractivity contribution is 0.746. The lowest BCUT2D eigenvalue weighted by Crippen LogP contribution is -2.17. The number of hydrogen-bond donors (Lipinski definition) is 1. The first kappa shape index (κ1) is 10.6. The van der Waals surface area contributed by atoms with E-state index in [1.54, 1.807) is 0 Å². The summed E-state index contributed by atoms with van der Waals surface area (Å²) in [4.78, 5) is 0. The maximum absolute atomic E-state index is 3.75. The van der Waals surface area contributed by atoms with Crippen LogP contribution in [-0.4, -0.2) is 6.04 Å². The van der Waals surface area contributed by atoms with E-state index in [9.17, 15) is 0 Å². The van der Waals surface area contributed by atoms with Crippen LogP contribution in [-0.2, 0) is 0 Å². The fourth-order valence-corrected chi connectivity index (χ4v) is 1.39. The van der Waals surface area contributed by atoms with Gasteiger partial charge in [0.1, 0.15) is 0 Å². The molecule has 0 aliphatic heterocycles. The van der Waals surface area contributed by atoms with Crippen LogP contribution >= 0.6 is 0 Å². The number of benzene rings is 1. The Kier molecular flexibility index (Phi) is 4.56. The van der Waals surface area contributed by atoms with Crippen molar-refractivity contribution in [2.45, 2.75) is 18.9 Å². The number of anilines is 1. The van der Waals surface area contributed by atoms with E-state index >= 15 is 0 Å². The quantitative estimate of drug-likeness (QED) is 0.671. The maximum atomic E-state index is 3.75. The molecular weight excluding hydrogens is 170 g/mol. The summed E-state index contributed by atoms with van der Waals surface area (Å²) in [6.07, 6.45) is 5.79. The molecule has 1 nitrogen and oxygen atoms in total.